The van der Waals surface area contributed by atoms with Gasteiger partial charge in [0.05, 0.1) is 19.7 Å². The Hall–Kier alpha value is 0.770. The van der Waals surface area contributed by atoms with E-state index in [0.29, 0.717) is 14.4 Å². The Balaban J connectivity index is 4.43. The van der Waals surface area contributed by atoms with Crippen LogP contribution in [-0.2, 0) is 9.05 Å². The first-order valence-electron chi connectivity index (χ1n) is 10.5. The van der Waals surface area contributed by atoms with E-state index in [-0.39, 0.29) is 12.2 Å². The van der Waals surface area contributed by atoms with E-state index in [1.807, 2.05) is 0 Å². The monoisotopic (exact) mass is 492 g/mol. The lowest BCUT2D eigenvalue weighted by Crippen LogP contribution is -2.14. The lowest BCUT2D eigenvalue weighted by Gasteiger charge is -2.20. The van der Waals surface area contributed by atoms with Gasteiger partial charge in [0.2, 0.25) is 0 Å². The molecule has 0 fully saturated rings. The average molecular weight is 492 g/mol. The molecule has 0 bridgehead atoms. The van der Waals surface area contributed by atoms with Crippen molar-refractivity contribution in [1.29, 1.82) is 0 Å². The Morgan fingerprint density at radius 2 is 1.55 bits per heavy atom. The molecule has 0 spiro atoms. The van der Waals surface area contributed by atoms with Gasteiger partial charge in [0, 0.05) is 14.4 Å². The van der Waals surface area contributed by atoms with Crippen LogP contribution < -0.4 is 0 Å². The van der Waals surface area contributed by atoms with E-state index >= 15 is 0 Å². The first-order valence-corrected chi connectivity index (χ1v) is 17.7. The predicted octanol–water partition coefficient (Wildman–Crippen LogP) is 8.91. The van der Waals surface area contributed by atoms with Gasteiger partial charge in [0.25, 0.3) is 0 Å². The van der Waals surface area contributed by atoms with Crippen molar-refractivity contribution in [3.05, 3.63) is 60.8 Å². The molecule has 0 aliphatic carbocycles. The van der Waals surface area contributed by atoms with Crippen LogP contribution in [0.2, 0.25) is 0 Å². The second-order valence-electron chi connectivity index (χ2n) is 6.79. The molecule has 7 heteroatoms. The SMILES string of the molecule is CC/C=C\C(OP(P)P)C(C)/C=C/C=C/C=C\C=C\C(CCCCCC)OPP. The molecular weight excluding hydrogens is 451 g/mol. The summed E-state index contributed by atoms with van der Waals surface area (Å²) in [6, 6.07) is 0. The van der Waals surface area contributed by atoms with Gasteiger partial charge in [0.1, 0.15) is 0 Å². The van der Waals surface area contributed by atoms with Gasteiger partial charge in [-0.15, -0.1) is 0 Å². The molecule has 0 aliphatic heterocycles. The number of hydrogen-bond acceptors (Lipinski definition) is 2. The summed E-state index contributed by atoms with van der Waals surface area (Å²) in [6.07, 6.45) is 28.7. The summed E-state index contributed by atoms with van der Waals surface area (Å²) in [5, 5.41) is 0. The fourth-order valence-electron chi connectivity index (χ4n) is 2.56. The molecule has 2 nitrogen and oxygen atoms in total. The minimum absolute atomic E-state index is 0.117. The molecule has 0 aromatic heterocycles. The quantitative estimate of drug-likeness (QED) is 0.0874. The van der Waals surface area contributed by atoms with Crippen molar-refractivity contribution in [3.63, 3.8) is 0 Å². The highest BCUT2D eigenvalue weighted by molar-refractivity contribution is 8.41. The molecule has 7 atom stereocenters. The van der Waals surface area contributed by atoms with Gasteiger partial charge in [-0.3, -0.25) is 0 Å². The van der Waals surface area contributed by atoms with Crippen molar-refractivity contribution in [2.45, 2.75) is 71.5 Å². The molecule has 0 aliphatic rings. The molecule has 0 radical (unpaired) electrons. The lowest BCUT2D eigenvalue weighted by atomic mass is 10.0. The van der Waals surface area contributed by atoms with Crippen molar-refractivity contribution in [1.82, 2.24) is 0 Å². The third kappa shape index (κ3) is 19.2. The van der Waals surface area contributed by atoms with Gasteiger partial charge < -0.3 is 9.05 Å². The van der Waals surface area contributed by atoms with Crippen molar-refractivity contribution < 1.29 is 9.05 Å². The summed E-state index contributed by atoms with van der Waals surface area (Å²) < 4.78 is 11.8. The largest absolute Gasteiger partial charge is 0.351 e. The molecule has 0 amide bonds. The van der Waals surface area contributed by atoms with Crippen LogP contribution in [0, 0.1) is 5.92 Å². The number of hydrogen-bond donors (Lipinski definition) is 0. The van der Waals surface area contributed by atoms with E-state index in [0.717, 1.165) is 12.8 Å². The highest BCUT2D eigenvalue weighted by Crippen LogP contribution is 2.55. The Morgan fingerprint density at radius 3 is 2.14 bits per heavy atom. The van der Waals surface area contributed by atoms with Crippen LogP contribution in [0.4, 0.5) is 0 Å². The molecule has 0 N–H and O–H groups in total. The zero-order valence-corrected chi connectivity index (χ0v) is 23.6. The molecule has 29 heavy (non-hydrogen) atoms. The molecular formula is C22H41O2P5. The smallest absolute Gasteiger partial charge is 0.0867 e. The van der Waals surface area contributed by atoms with Crippen LogP contribution in [0.25, 0.3) is 0 Å². The summed E-state index contributed by atoms with van der Waals surface area (Å²) in [5.74, 6) is 0.329. The number of unbranched alkanes of at least 4 members (excludes halogenated alkanes) is 3. The van der Waals surface area contributed by atoms with E-state index in [1.54, 1.807) is 0 Å². The molecule has 0 aromatic carbocycles. The van der Waals surface area contributed by atoms with Crippen LogP contribution in [0.3, 0.4) is 0 Å². The van der Waals surface area contributed by atoms with Gasteiger partial charge in [0.15, 0.2) is 0 Å². The van der Waals surface area contributed by atoms with Crippen LogP contribution in [0.15, 0.2) is 60.8 Å². The van der Waals surface area contributed by atoms with Gasteiger partial charge in [-0.05, 0) is 12.8 Å². The maximum Gasteiger partial charge on any atom is 0.0867 e. The molecule has 0 rings (SSSR count). The summed E-state index contributed by atoms with van der Waals surface area (Å²) in [4.78, 5) is 0. The van der Waals surface area contributed by atoms with Crippen LogP contribution in [0.5, 0.6) is 0 Å². The highest BCUT2D eigenvalue weighted by atomic mass is 32.4. The Kier molecular flexibility index (Phi) is 22.6. The lowest BCUT2D eigenvalue weighted by molar-refractivity contribution is 0.245. The zero-order chi connectivity index (χ0) is 21.7. The molecule has 0 aromatic rings. The standard InChI is InChI=1S/C22H41O2P5/c1-4-6-8-14-17-21(23-28-25)18-15-12-10-9-11-13-16-20(3)22(19-7-5-2)24-29(26)27/h7,9-13,15-16,18-22,28H,4-6,8,14,17,25-27H2,1-3H3/b11-9+,12-10-,16-13+,18-15+,19-7-. The third-order valence-corrected chi connectivity index (χ3v) is 6.24. The maximum atomic E-state index is 6.00. The first kappa shape index (κ1) is 29.8. The molecule has 0 heterocycles. The predicted molar refractivity (Wildman–Crippen MR) is 148 cm³/mol. The molecule has 0 saturated heterocycles. The van der Waals surface area contributed by atoms with Crippen LogP contribution >= 0.6 is 42.8 Å². The highest BCUT2D eigenvalue weighted by Gasteiger charge is 2.13. The van der Waals surface area contributed by atoms with Crippen LogP contribution in [0.1, 0.15) is 59.3 Å². The molecule has 7 unspecified atom stereocenters. The van der Waals surface area contributed by atoms with Crippen molar-refractivity contribution >= 4 is 42.8 Å². The number of rotatable bonds is 17. The van der Waals surface area contributed by atoms with E-state index in [2.05, 4.69) is 108 Å². The average Bonchev–Trinajstić information content (AvgIpc) is 2.69. The van der Waals surface area contributed by atoms with Crippen molar-refractivity contribution in [3.8, 4) is 0 Å². The van der Waals surface area contributed by atoms with Gasteiger partial charge in [-0.25, -0.2) is 0 Å². The summed E-state index contributed by atoms with van der Waals surface area (Å²) in [5.41, 5.74) is 0. The number of allylic oxidation sites excluding steroid dienone is 7. The molecule has 0 saturated carbocycles. The van der Waals surface area contributed by atoms with Crippen molar-refractivity contribution in [2.75, 3.05) is 0 Å². The summed E-state index contributed by atoms with van der Waals surface area (Å²) in [6.45, 7) is 6.58. The second-order valence-corrected chi connectivity index (χ2v) is 13.7. The first-order chi connectivity index (χ1) is 14.0. The maximum absolute atomic E-state index is 6.00. The van der Waals surface area contributed by atoms with E-state index < -0.39 is 7.53 Å². The second kappa shape index (κ2) is 22.0. The topological polar surface area (TPSA) is 18.5 Å². The van der Waals surface area contributed by atoms with Gasteiger partial charge in [-0.1, -0.05) is 134 Å². The third-order valence-electron chi connectivity index (χ3n) is 4.18. The normalized spacial score (nSPS) is 16.8. The fourth-order valence-corrected chi connectivity index (χ4v) is 4.85. The fraction of sp³-hybridized carbons (Fsp3) is 0.545. The zero-order valence-electron chi connectivity index (χ0n) is 18.2. The Labute approximate surface area is 189 Å². The van der Waals surface area contributed by atoms with E-state index in [1.165, 1.54) is 25.7 Å². The minimum Gasteiger partial charge on any atom is -0.351 e. The van der Waals surface area contributed by atoms with E-state index in [9.17, 15) is 0 Å². The van der Waals surface area contributed by atoms with Crippen molar-refractivity contribution in [2.24, 2.45) is 5.92 Å². The van der Waals surface area contributed by atoms with Crippen LogP contribution in [-0.4, -0.2) is 12.2 Å². The Bertz CT molecular complexity index is 515. The summed E-state index contributed by atoms with van der Waals surface area (Å²) in [7, 11) is 8.05. The van der Waals surface area contributed by atoms with Gasteiger partial charge >= 0.3 is 0 Å². The van der Waals surface area contributed by atoms with E-state index in [4.69, 9.17) is 9.05 Å². The Morgan fingerprint density at radius 1 is 0.897 bits per heavy atom. The molecule has 166 valence electrons. The summed E-state index contributed by atoms with van der Waals surface area (Å²) >= 11 is 0. The van der Waals surface area contributed by atoms with Gasteiger partial charge in [-0.2, -0.15) is 0 Å². The minimum atomic E-state index is -0.532.